The number of benzene rings is 1. The van der Waals surface area contributed by atoms with Crippen molar-refractivity contribution in [3.05, 3.63) is 41.0 Å². The molecule has 0 saturated heterocycles. The minimum absolute atomic E-state index is 0.0645. The van der Waals surface area contributed by atoms with Gasteiger partial charge in [0.1, 0.15) is 5.78 Å². The highest BCUT2D eigenvalue weighted by Crippen LogP contribution is 2.21. The number of thiol groups is 1. The number of aromatic amines is 1. The largest absolute Gasteiger partial charge is 0.298 e. The lowest BCUT2D eigenvalue weighted by molar-refractivity contribution is -0.116. The van der Waals surface area contributed by atoms with Crippen LogP contribution in [0.25, 0.3) is 11.3 Å². The van der Waals surface area contributed by atoms with E-state index in [1.165, 1.54) is 0 Å². The second-order valence-electron chi connectivity index (χ2n) is 3.66. The van der Waals surface area contributed by atoms with Gasteiger partial charge in [-0.1, -0.05) is 23.7 Å². The topological polar surface area (TPSA) is 45.8 Å². The SMILES string of the molecule is O=C(CS)Cc1cc(-c2cccc(Cl)c2)n[nH]1. The van der Waals surface area contributed by atoms with Crippen LogP contribution in [0.5, 0.6) is 0 Å². The molecule has 0 saturated carbocycles. The molecule has 0 bridgehead atoms. The van der Waals surface area contributed by atoms with Gasteiger partial charge < -0.3 is 0 Å². The van der Waals surface area contributed by atoms with Crippen molar-refractivity contribution in [1.29, 1.82) is 0 Å². The van der Waals surface area contributed by atoms with Gasteiger partial charge >= 0.3 is 0 Å². The zero-order valence-electron chi connectivity index (χ0n) is 8.98. The summed E-state index contributed by atoms with van der Waals surface area (Å²) in [6, 6.07) is 9.29. The average molecular weight is 267 g/mol. The Morgan fingerprint density at radius 3 is 2.94 bits per heavy atom. The lowest BCUT2D eigenvalue weighted by atomic mass is 10.1. The van der Waals surface area contributed by atoms with Crippen LogP contribution < -0.4 is 0 Å². The van der Waals surface area contributed by atoms with Crippen molar-refractivity contribution in [3.8, 4) is 11.3 Å². The van der Waals surface area contributed by atoms with E-state index in [2.05, 4.69) is 22.8 Å². The van der Waals surface area contributed by atoms with Gasteiger partial charge in [-0.3, -0.25) is 9.89 Å². The number of nitrogens with zero attached hydrogens (tertiary/aromatic N) is 1. The maximum atomic E-state index is 11.2. The molecule has 0 fully saturated rings. The van der Waals surface area contributed by atoms with Gasteiger partial charge in [0.15, 0.2) is 0 Å². The third-order valence-electron chi connectivity index (χ3n) is 2.32. The molecular formula is C12H11ClN2OS. The number of ketones is 1. The molecule has 1 aromatic carbocycles. The third-order valence-corrected chi connectivity index (χ3v) is 2.90. The number of carbonyl (C=O) groups excluding carboxylic acids is 1. The number of hydrogen-bond donors (Lipinski definition) is 2. The predicted molar refractivity (Wildman–Crippen MR) is 71.6 cm³/mol. The quantitative estimate of drug-likeness (QED) is 0.836. The minimum atomic E-state index is 0.0645. The highest BCUT2D eigenvalue weighted by molar-refractivity contribution is 7.81. The zero-order chi connectivity index (χ0) is 12.3. The Hall–Kier alpha value is -1.26. The molecule has 0 amide bonds. The van der Waals surface area contributed by atoms with Gasteiger partial charge in [0.2, 0.25) is 0 Å². The van der Waals surface area contributed by atoms with Crippen molar-refractivity contribution in [3.63, 3.8) is 0 Å². The maximum Gasteiger partial charge on any atom is 0.148 e. The Bertz CT molecular complexity index is 539. The summed E-state index contributed by atoms with van der Waals surface area (Å²) in [4.78, 5) is 11.2. The first-order valence-corrected chi connectivity index (χ1v) is 6.13. The molecule has 2 aromatic rings. The summed E-state index contributed by atoms with van der Waals surface area (Å²) < 4.78 is 0. The number of rotatable bonds is 4. The first kappa shape index (κ1) is 12.2. The summed E-state index contributed by atoms with van der Waals surface area (Å²) in [5.41, 5.74) is 2.51. The Labute approximate surface area is 110 Å². The summed E-state index contributed by atoms with van der Waals surface area (Å²) in [5.74, 6) is 0.306. The van der Waals surface area contributed by atoms with E-state index in [-0.39, 0.29) is 11.5 Å². The summed E-state index contributed by atoms with van der Waals surface area (Å²) in [6.07, 6.45) is 0.330. The van der Waals surface area contributed by atoms with Gasteiger partial charge in [-0.05, 0) is 18.2 Å². The molecule has 17 heavy (non-hydrogen) atoms. The summed E-state index contributed by atoms with van der Waals surface area (Å²) in [5, 5.41) is 7.66. The van der Waals surface area contributed by atoms with Crippen molar-refractivity contribution in [2.24, 2.45) is 0 Å². The molecule has 0 unspecified atom stereocenters. The molecule has 1 aromatic heterocycles. The first-order valence-electron chi connectivity index (χ1n) is 5.12. The minimum Gasteiger partial charge on any atom is -0.298 e. The molecule has 0 spiro atoms. The molecule has 88 valence electrons. The number of H-pyrrole nitrogens is 1. The molecule has 1 heterocycles. The van der Waals surface area contributed by atoms with E-state index >= 15 is 0 Å². The number of halogens is 1. The molecule has 0 atom stereocenters. The predicted octanol–water partition coefficient (Wildman–Crippen LogP) is 2.77. The van der Waals surface area contributed by atoms with Crippen LogP contribution in [0.15, 0.2) is 30.3 Å². The van der Waals surface area contributed by atoms with E-state index in [0.717, 1.165) is 17.0 Å². The molecule has 1 N–H and O–H groups in total. The lowest BCUT2D eigenvalue weighted by Gasteiger charge is -1.95. The highest BCUT2D eigenvalue weighted by atomic mass is 35.5. The van der Waals surface area contributed by atoms with Crippen LogP contribution in [0.1, 0.15) is 5.69 Å². The van der Waals surface area contributed by atoms with E-state index in [0.29, 0.717) is 11.4 Å². The van der Waals surface area contributed by atoms with E-state index < -0.39 is 0 Å². The molecule has 2 rings (SSSR count). The van der Waals surface area contributed by atoms with Crippen LogP contribution in [0.3, 0.4) is 0 Å². The van der Waals surface area contributed by atoms with Gasteiger partial charge in [0.05, 0.1) is 5.69 Å². The summed E-state index contributed by atoms with van der Waals surface area (Å²) >= 11 is 9.84. The Kier molecular flexibility index (Phi) is 3.86. The fourth-order valence-corrected chi connectivity index (χ4v) is 1.82. The lowest BCUT2D eigenvalue weighted by Crippen LogP contribution is -2.03. The number of Topliss-reactive ketones (excluding diaryl/α,β-unsaturated/α-hetero) is 1. The smallest absolute Gasteiger partial charge is 0.148 e. The Morgan fingerprint density at radius 1 is 1.41 bits per heavy atom. The monoisotopic (exact) mass is 266 g/mol. The third kappa shape index (κ3) is 3.11. The van der Waals surface area contributed by atoms with Gasteiger partial charge in [-0.15, -0.1) is 0 Å². The number of hydrogen-bond acceptors (Lipinski definition) is 3. The van der Waals surface area contributed by atoms with E-state index in [1.807, 2.05) is 30.3 Å². The molecule has 5 heteroatoms. The normalized spacial score (nSPS) is 10.5. The molecule has 3 nitrogen and oxygen atoms in total. The number of nitrogens with one attached hydrogen (secondary N) is 1. The van der Waals surface area contributed by atoms with Gasteiger partial charge in [-0.25, -0.2) is 0 Å². The highest BCUT2D eigenvalue weighted by Gasteiger charge is 2.07. The van der Waals surface area contributed by atoms with Gasteiger partial charge in [-0.2, -0.15) is 17.7 Å². The van der Waals surface area contributed by atoms with Crippen molar-refractivity contribution in [1.82, 2.24) is 10.2 Å². The summed E-state index contributed by atoms with van der Waals surface area (Å²) in [7, 11) is 0. The second-order valence-corrected chi connectivity index (χ2v) is 4.41. The number of aromatic nitrogens is 2. The van der Waals surface area contributed by atoms with Crippen LogP contribution in [-0.2, 0) is 11.2 Å². The second kappa shape index (κ2) is 5.38. The molecule has 0 radical (unpaired) electrons. The van der Waals surface area contributed by atoms with Gasteiger partial charge in [0, 0.05) is 28.5 Å². The van der Waals surface area contributed by atoms with Gasteiger partial charge in [0.25, 0.3) is 0 Å². The molecular weight excluding hydrogens is 256 g/mol. The van der Waals surface area contributed by atoms with Crippen LogP contribution in [-0.4, -0.2) is 21.7 Å². The average Bonchev–Trinajstić information content (AvgIpc) is 2.77. The van der Waals surface area contributed by atoms with E-state index in [1.54, 1.807) is 0 Å². The van der Waals surface area contributed by atoms with Crippen molar-refractivity contribution < 1.29 is 4.79 Å². The van der Waals surface area contributed by atoms with Crippen molar-refractivity contribution in [2.75, 3.05) is 5.75 Å². The first-order chi connectivity index (χ1) is 8.19. The van der Waals surface area contributed by atoms with Crippen molar-refractivity contribution in [2.45, 2.75) is 6.42 Å². The zero-order valence-corrected chi connectivity index (χ0v) is 10.6. The Morgan fingerprint density at radius 2 is 2.24 bits per heavy atom. The maximum absolute atomic E-state index is 11.2. The van der Waals surface area contributed by atoms with Crippen LogP contribution >= 0.6 is 24.2 Å². The van der Waals surface area contributed by atoms with E-state index in [4.69, 9.17) is 11.6 Å². The molecule has 0 aliphatic rings. The van der Waals surface area contributed by atoms with Crippen LogP contribution in [0.2, 0.25) is 5.02 Å². The standard InChI is InChI=1S/C12H11ClN2OS/c13-9-3-1-2-8(4-9)12-6-10(14-15-12)5-11(16)7-17/h1-4,6,17H,5,7H2,(H,14,15). The van der Waals surface area contributed by atoms with Crippen LogP contribution in [0, 0.1) is 0 Å². The fourth-order valence-electron chi connectivity index (χ4n) is 1.52. The van der Waals surface area contributed by atoms with E-state index in [9.17, 15) is 4.79 Å². The summed E-state index contributed by atoms with van der Waals surface area (Å²) in [6.45, 7) is 0. The molecule has 0 aliphatic carbocycles. The molecule has 0 aliphatic heterocycles. The van der Waals surface area contributed by atoms with Crippen LogP contribution in [0.4, 0.5) is 0 Å². The fraction of sp³-hybridized carbons (Fsp3) is 0.167. The number of carbonyl (C=O) groups is 1. The van der Waals surface area contributed by atoms with Crippen molar-refractivity contribution >= 4 is 30.0 Å². The Balaban J connectivity index is 2.21.